The number of hydrogen-bond acceptors (Lipinski definition) is 2. The lowest BCUT2D eigenvalue weighted by Crippen LogP contribution is -2.17. The van der Waals surface area contributed by atoms with Gasteiger partial charge in [-0.15, -0.1) is 0 Å². The zero-order valence-corrected chi connectivity index (χ0v) is 15.9. The van der Waals surface area contributed by atoms with Crippen LogP contribution < -0.4 is 4.74 Å². The van der Waals surface area contributed by atoms with Crippen molar-refractivity contribution in [1.82, 2.24) is 4.90 Å². The normalized spacial score (nSPS) is 14.8. The lowest BCUT2D eigenvalue weighted by molar-refractivity contribution is 0.477. The number of allylic oxidation sites excluding steroid dienone is 5. The maximum atomic E-state index is 6.29. The molecule has 0 saturated carbocycles. The smallest absolute Gasteiger partial charge is 0.138 e. The summed E-state index contributed by atoms with van der Waals surface area (Å²) >= 11 is 0. The topological polar surface area (TPSA) is 12.5 Å². The Morgan fingerprint density at radius 3 is 2.42 bits per heavy atom. The second-order valence-corrected chi connectivity index (χ2v) is 6.51. The van der Waals surface area contributed by atoms with Crippen LogP contribution >= 0.6 is 0 Å². The van der Waals surface area contributed by atoms with Crippen LogP contribution in [-0.2, 0) is 0 Å². The van der Waals surface area contributed by atoms with Crippen LogP contribution in [0.1, 0.15) is 25.0 Å². The van der Waals surface area contributed by atoms with Gasteiger partial charge >= 0.3 is 0 Å². The lowest BCUT2D eigenvalue weighted by Gasteiger charge is -2.29. The van der Waals surface area contributed by atoms with Gasteiger partial charge in [-0.2, -0.15) is 0 Å². The van der Waals surface area contributed by atoms with Crippen LogP contribution in [0, 0.1) is 6.92 Å². The van der Waals surface area contributed by atoms with Gasteiger partial charge in [-0.3, -0.25) is 0 Å². The Hall–Kier alpha value is -3.00. The van der Waals surface area contributed by atoms with Crippen molar-refractivity contribution in [3.8, 4) is 11.5 Å². The van der Waals surface area contributed by atoms with Crippen molar-refractivity contribution in [2.45, 2.75) is 20.8 Å². The van der Waals surface area contributed by atoms with Crippen LogP contribution in [0.5, 0.6) is 11.5 Å². The highest BCUT2D eigenvalue weighted by Crippen LogP contribution is 2.41. The first-order chi connectivity index (χ1) is 12.5. The molecule has 0 amide bonds. The van der Waals surface area contributed by atoms with Gasteiger partial charge in [0.15, 0.2) is 0 Å². The second-order valence-electron chi connectivity index (χ2n) is 6.51. The fourth-order valence-electron chi connectivity index (χ4n) is 3.17. The average molecular weight is 343 g/mol. The molecule has 1 aliphatic rings. The highest BCUT2D eigenvalue weighted by atomic mass is 16.5. The summed E-state index contributed by atoms with van der Waals surface area (Å²) in [6.07, 6.45) is 6.35. The molecule has 132 valence electrons. The molecule has 26 heavy (non-hydrogen) atoms. The van der Waals surface area contributed by atoms with Gasteiger partial charge in [0.1, 0.15) is 11.5 Å². The molecule has 0 aliphatic carbocycles. The summed E-state index contributed by atoms with van der Waals surface area (Å²) < 4.78 is 6.29. The molecular formula is C24H25NO. The van der Waals surface area contributed by atoms with Crippen molar-refractivity contribution in [3.63, 3.8) is 0 Å². The Morgan fingerprint density at radius 2 is 1.73 bits per heavy atom. The predicted octanol–water partition coefficient (Wildman–Crippen LogP) is 6.48. The highest BCUT2D eigenvalue weighted by Gasteiger charge is 2.22. The molecule has 2 heteroatoms. The van der Waals surface area contributed by atoms with E-state index in [2.05, 4.69) is 61.9 Å². The Morgan fingerprint density at radius 1 is 1.00 bits per heavy atom. The molecule has 1 aliphatic heterocycles. The molecule has 3 rings (SSSR count). The van der Waals surface area contributed by atoms with Crippen molar-refractivity contribution in [2.75, 3.05) is 7.05 Å². The maximum Gasteiger partial charge on any atom is 0.138 e. The minimum absolute atomic E-state index is 0.838. The van der Waals surface area contributed by atoms with Gasteiger partial charge in [-0.25, -0.2) is 0 Å². The number of aryl methyl sites for hydroxylation is 1. The van der Waals surface area contributed by atoms with Crippen LogP contribution in [0.15, 0.2) is 90.3 Å². The molecule has 0 aromatic heterocycles. The molecule has 0 radical (unpaired) electrons. The summed E-state index contributed by atoms with van der Waals surface area (Å²) in [4.78, 5) is 2.08. The standard InChI is InChI=1S/C24H25NO/c1-6-11-21-18(3)19(4)25(5)16-23(21)22-15-10-12-17(2)24(22)26-20-13-8-7-9-14-20/h6-16H,4H2,1-3,5H3/b11-6-. The van der Waals surface area contributed by atoms with Gasteiger partial charge in [0.2, 0.25) is 0 Å². The third kappa shape index (κ3) is 3.36. The van der Waals surface area contributed by atoms with Crippen molar-refractivity contribution in [3.05, 3.63) is 101 Å². The van der Waals surface area contributed by atoms with Crippen molar-refractivity contribution in [1.29, 1.82) is 0 Å². The molecule has 0 N–H and O–H groups in total. The number of nitrogens with zero attached hydrogens (tertiary/aromatic N) is 1. The summed E-state index contributed by atoms with van der Waals surface area (Å²) in [7, 11) is 2.03. The quantitative estimate of drug-likeness (QED) is 0.630. The van der Waals surface area contributed by atoms with E-state index in [-0.39, 0.29) is 0 Å². The summed E-state index contributed by atoms with van der Waals surface area (Å²) in [5.41, 5.74) is 6.71. The Balaban J connectivity index is 2.16. The first-order valence-corrected chi connectivity index (χ1v) is 8.83. The van der Waals surface area contributed by atoms with Crippen molar-refractivity contribution in [2.24, 2.45) is 0 Å². The minimum atomic E-state index is 0.838. The molecule has 0 unspecified atom stereocenters. The summed E-state index contributed by atoms with van der Waals surface area (Å²) in [5.74, 6) is 1.73. The monoisotopic (exact) mass is 343 g/mol. The molecule has 1 heterocycles. The number of likely N-dealkylation sites (N-methyl/N-ethyl adjacent to an activating group) is 1. The van der Waals surface area contributed by atoms with E-state index < -0.39 is 0 Å². The summed E-state index contributed by atoms with van der Waals surface area (Å²) in [6, 6.07) is 16.2. The number of ether oxygens (including phenoxy) is 1. The second kappa shape index (κ2) is 7.49. The maximum absolute atomic E-state index is 6.29. The molecule has 0 bridgehead atoms. The van der Waals surface area contributed by atoms with E-state index in [9.17, 15) is 0 Å². The zero-order valence-electron chi connectivity index (χ0n) is 15.9. The number of para-hydroxylation sites is 2. The van der Waals surface area contributed by atoms with Gasteiger partial charge in [0, 0.05) is 30.1 Å². The van der Waals surface area contributed by atoms with E-state index in [0.717, 1.165) is 33.9 Å². The van der Waals surface area contributed by atoms with Crippen LogP contribution in [0.25, 0.3) is 5.57 Å². The summed E-state index contributed by atoms with van der Waals surface area (Å²) in [6.45, 7) is 10.4. The zero-order chi connectivity index (χ0) is 18.7. The minimum Gasteiger partial charge on any atom is -0.456 e. The van der Waals surface area contributed by atoms with Crippen molar-refractivity contribution >= 4 is 5.57 Å². The van der Waals surface area contributed by atoms with Gasteiger partial charge in [0.25, 0.3) is 0 Å². The number of hydrogen-bond donors (Lipinski definition) is 0. The van der Waals surface area contributed by atoms with Gasteiger partial charge in [-0.05, 0) is 49.6 Å². The van der Waals surface area contributed by atoms with Crippen LogP contribution in [-0.4, -0.2) is 11.9 Å². The SMILES string of the molecule is C=C1C(C)=C(/C=C\C)C(c2cccc(C)c2Oc2ccccc2)=CN1C. The fourth-order valence-corrected chi connectivity index (χ4v) is 3.17. The molecule has 2 nitrogen and oxygen atoms in total. The molecule has 0 spiro atoms. The number of rotatable bonds is 4. The Kier molecular flexibility index (Phi) is 5.13. The predicted molar refractivity (Wildman–Crippen MR) is 110 cm³/mol. The molecule has 0 atom stereocenters. The van der Waals surface area contributed by atoms with Crippen LogP contribution in [0.2, 0.25) is 0 Å². The molecule has 0 fully saturated rings. The average Bonchev–Trinajstić information content (AvgIpc) is 2.65. The Bertz CT molecular complexity index is 916. The highest BCUT2D eigenvalue weighted by molar-refractivity contribution is 5.88. The first kappa shape index (κ1) is 17.8. The molecular weight excluding hydrogens is 318 g/mol. The molecule has 2 aromatic rings. The summed E-state index contributed by atoms with van der Waals surface area (Å²) in [5, 5.41) is 0. The molecule has 2 aromatic carbocycles. The Labute approximate surface area is 156 Å². The van der Waals surface area contributed by atoms with Crippen LogP contribution in [0.4, 0.5) is 0 Å². The fraction of sp³-hybridized carbons (Fsp3) is 0.167. The first-order valence-electron chi connectivity index (χ1n) is 8.83. The number of benzene rings is 2. The van der Waals surface area contributed by atoms with E-state index in [4.69, 9.17) is 4.74 Å². The van der Waals surface area contributed by atoms with E-state index in [1.165, 1.54) is 11.1 Å². The van der Waals surface area contributed by atoms with Gasteiger partial charge in [0.05, 0.1) is 0 Å². The van der Waals surface area contributed by atoms with Crippen molar-refractivity contribution < 1.29 is 4.74 Å². The lowest BCUT2D eigenvalue weighted by atomic mass is 9.89. The van der Waals surface area contributed by atoms with Crippen LogP contribution in [0.3, 0.4) is 0 Å². The molecule has 0 saturated heterocycles. The van der Waals surface area contributed by atoms with Gasteiger partial charge in [-0.1, -0.05) is 55.1 Å². The van der Waals surface area contributed by atoms with E-state index in [1.54, 1.807) is 0 Å². The third-order valence-corrected chi connectivity index (χ3v) is 4.67. The van der Waals surface area contributed by atoms with E-state index >= 15 is 0 Å². The van der Waals surface area contributed by atoms with E-state index in [0.29, 0.717) is 0 Å². The van der Waals surface area contributed by atoms with Gasteiger partial charge < -0.3 is 9.64 Å². The van der Waals surface area contributed by atoms with E-state index in [1.807, 2.05) is 44.3 Å². The largest absolute Gasteiger partial charge is 0.456 e. The third-order valence-electron chi connectivity index (χ3n) is 4.67.